The Morgan fingerprint density at radius 2 is 2.00 bits per heavy atom. The fraction of sp³-hybridized carbons (Fsp3) is 0.762. The molecule has 1 amide bonds. The van der Waals surface area contributed by atoms with E-state index in [-0.39, 0.29) is 28.5 Å². The van der Waals surface area contributed by atoms with Gasteiger partial charge in [-0.25, -0.2) is 0 Å². The first-order valence-corrected chi connectivity index (χ1v) is 10.7. The van der Waals surface area contributed by atoms with Gasteiger partial charge in [-0.1, -0.05) is 19.3 Å². The van der Waals surface area contributed by atoms with Crippen molar-refractivity contribution < 1.29 is 4.79 Å². The fourth-order valence-electron chi connectivity index (χ4n) is 5.35. The molecule has 1 saturated heterocycles. The Labute approximate surface area is 160 Å². The number of fused-ring (bicyclic) bond motifs is 1. The number of carbonyl (C=O) groups excluding carboxylic acids is 1. The largest absolute Gasteiger partial charge is 0.349 e. The van der Waals surface area contributed by atoms with Gasteiger partial charge in [-0.15, -0.1) is 0 Å². The first-order chi connectivity index (χ1) is 13.1. The molecule has 0 unspecified atom stereocenters. The van der Waals surface area contributed by atoms with Gasteiger partial charge in [0.05, 0.1) is 0 Å². The van der Waals surface area contributed by atoms with Crippen LogP contribution < -0.4 is 10.9 Å². The lowest BCUT2D eigenvalue weighted by Crippen LogP contribution is -2.39. The van der Waals surface area contributed by atoms with E-state index in [9.17, 15) is 9.59 Å². The van der Waals surface area contributed by atoms with Crippen LogP contribution in [0.25, 0.3) is 0 Å². The quantitative estimate of drug-likeness (QED) is 0.880. The van der Waals surface area contributed by atoms with Crippen molar-refractivity contribution in [2.24, 2.45) is 11.3 Å². The van der Waals surface area contributed by atoms with Gasteiger partial charge in [-0.05, 0) is 44.6 Å². The SMILES string of the molecule is O=C(NC1CCCCC1)c1cn2c(nc1=O)C[C@@]1(CCN(CC3CC3)C1)C2. The van der Waals surface area contributed by atoms with Gasteiger partial charge in [-0.2, -0.15) is 4.98 Å². The van der Waals surface area contributed by atoms with Gasteiger partial charge in [0.1, 0.15) is 11.4 Å². The number of amides is 1. The Morgan fingerprint density at radius 3 is 2.78 bits per heavy atom. The second-order valence-electron chi connectivity index (χ2n) is 9.42. The molecule has 27 heavy (non-hydrogen) atoms. The normalized spacial score (nSPS) is 28.6. The summed E-state index contributed by atoms with van der Waals surface area (Å²) in [6, 6.07) is 0.209. The Balaban J connectivity index is 1.29. The predicted molar refractivity (Wildman–Crippen MR) is 103 cm³/mol. The Bertz CT molecular complexity index is 794. The monoisotopic (exact) mass is 370 g/mol. The molecule has 1 atom stereocenters. The Hall–Kier alpha value is -1.69. The summed E-state index contributed by atoms with van der Waals surface area (Å²) in [7, 11) is 0. The van der Waals surface area contributed by atoms with Crippen LogP contribution in [0.2, 0.25) is 0 Å². The van der Waals surface area contributed by atoms with E-state index in [0.717, 1.165) is 63.5 Å². The second-order valence-corrected chi connectivity index (χ2v) is 9.42. The van der Waals surface area contributed by atoms with Crippen molar-refractivity contribution in [3.8, 4) is 0 Å². The smallest absolute Gasteiger partial charge is 0.285 e. The first kappa shape index (κ1) is 17.4. The molecule has 0 bridgehead atoms. The molecule has 0 radical (unpaired) electrons. The van der Waals surface area contributed by atoms with Crippen LogP contribution in [-0.4, -0.2) is 46.0 Å². The lowest BCUT2D eigenvalue weighted by atomic mass is 9.86. The highest BCUT2D eigenvalue weighted by Gasteiger charge is 2.44. The molecular formula is C21H30N4O2. The third-order valence-electron chi connectivity index (χ3n) is 7.03. The van der Waals surface area contributed by atoms with Crippen LogP contribution in [0.1, 0.15) is 67.5 Å². The van der Waals surface area contributed by atoms with Crippen LogP contribution in [0.15, 0.2) is 11.0 Å². The van der Waals surface area contributed by atoms with Crippen LogP contribution in [0.4, 0.5) is 0 Å². The topological polar surface area (TPSA) is 67.2 Å². The molecule has 1 aromatic heterocycles. The van der Waals surface area contributed by atoms with Crippen molar-refractivity contribution in [1.29, 1.82) is 0 Å². The number of nitrogens with one attached hydrogen (secondary N) is 1. The van der Waals surface area contributed by atoms with Crippen LogP contribution in [0.5, 0.6) is 0 Å². The van der Waals surface area contributed by atoms with Crippen molar-refractivity contribution in [1.82, 2.24) is 19.8 Å². The second kappa shape index (κ2) is 6.73. The molecular weight excluding hydrogens is 340 g/mol. The molecule has 1 spiro atoms. The fourth-order valence-corrected chi connectivity index (χ4v) is 5.35. The van der Waals surface area contributed by atoms with Gasteiger partial charge in [0.25, 0.3) is 11.5 Å². The molecule has 146 valence electrons. The third kappa shape index (κ3) is 3.56. The Morgan fingerprint density at radius 1 is 1.19 bits per heavy atom. The zero-order valence-electron chi connectivity index (χ0n) is 16.1. The molecule has 4 aliphatic rings. The predicted octanol–water partition coefficient (Wildman–Crippen LogP) is 1.96. The van der Waals surface area contributed by atoms with Gasteiger partial charge in [0.15, 0.2) is 0 Å². The van der Waals surface area contributed by atoms with Crippen molar-refractivity contribution >= 4 is 5.91 Å². The third-order valence-corrected chi connectivity index (χ3v) is 7.03. The van der Waals surface area contributed by atoms with Gasteiger partial charge < -0.3 is 14.8 Å². The molecule has 1 N–H and O–H groups in total. The van der Waals surface area contributed by atoms with Crippen molar-refractivity contribution in [3.05, 3.63) is 27.9 Å². The molecule has 2 saturated carbocycles. The van der Waals surface area contributed by atoms with Gasteiger partial charge >= 0.3 is 0 Å². The Kier molecular flexibility index (Phi) is 4.34. The molecule has 1 aromatic rings. The van der Waals surface area contributed by atoms with Crippen LogP contribution >= 0.6 is 0 Å². The van der Waals surface area contributed by atoms with E-state index >= 15 is 0 Å². The van der Waals surface area contributed by atoms with Gasteiger partial charge in [0, 0.05) is 43.7 Å². The van der Waals surface area contributed by atoms with E-state index in [0.29, 0.717) is 0 Å². The number of hydrogen-bond donors (Lipinski definition) is 1. The lowest BCUT2D eigenvalue weighted by Gasteiger charge is -2.23. The van der Waals surface area contributed by atoms with Gasteiger partial charge in [0.2, 0.25) is 0 Å². The summed E-state index contributed by atoms with van der Waals surface area (Å²) in [6.07, 6.45) is 12.2. The molecule has 3 fully saturated rings. The highest BCUT2D eigenvalue weighted by atomic mass is 16.2. The zero-order valence-corrected chi connectivity index (χ0v) is 16.1. The summed E-state index contributed by atoms with van der Waals surface area (Å²) in [6.45, 7) is 4.38. The standard InChI is InChI=1S/C21H30N4O2/c26-19(22-16-4-2-1-3-5-16)17-12-25-14-21(10-18(25)23-20(17)27)8-9-24(13-21)11-15-6-7-15/h12,15-16H,1-11,13-14H2,(H,22,26)/t21-/m1/s1. The van der Waals surface area contributed by atoms with Crippen molar-refractivity contribution in [3.63, 3.8) is 0 Å². The number of carbonyl (C=O) groups is 1. The summed E-state index contributed by atoms with van der Waals surface area (Å²) in [5.41, 5.74) is 0.0634. The van der Waals surface area contributed by atoms with E-state index in [2.05, 4.69) is 19.8 Å². The number of rotatable bonds is 4. The molecule has 2 aliphatic heterocycles. The van der Waals surface area contributed by atoms with Crippen molar-refractivity contribution in [2.45, 2.75) is 70.4 Å². The van der Waals surface area contributed by atoms with E-state index in [1.54, 1.807) is 6.20 Å². The van der Waals surface area contributed by atoms with E-state index in [1.807, 2.05) is 0 Å². The summed E-state index contributed by atoms with van der Waals surface area (Å²) in [4.78, 5) is 32.1. The average molecular weight is 370 g/mol. The minimum Gasteiger partial charge on any atom is -0.349 e. The van der Waals surface area contributed by atoms with E-state index in [1.165, 1.54) is 32.2 Å². The lowest BCUT2D eigenvalue weighted by molar-refractivity contribution is 0.0925. The average Bonchev–Trinajstić information content (AvgIpc) is 3.28. The number of nitrogens with zero attached hydrogens (tertiary/aromatic N) is 3. The van der Waals surface area contributed by atoms with Gasteiger partial charge in [-0.3, -0.25) is 9.59 Å². The van der Waals surface area contributed by atoms with E-state index in [4.69, 9.17) is 0 Å². The highest BCUT2D eigenvalue weighted by molar-refractivity contribution is 5.93. The maximum absolute atomic E-state index is 12.7. The molecule has 3 heterocycles. The molecule has 0 aromatic carbocycles. The summed E-state index contributed by atoms with van der Waals surface area (Å²) >= 11 is 0. The maximum atomic E-state index is 12.7. The molecule has 6 nitrogen and oxygen atoms in total. The maximum Gasteiger partial charge on any atom is 0.285 e. The number of aromatic nitrogens is 2. The van der Waals surface area contributed by atoms with Crippen LogP contribution in [0.3, 0.4) is 0 Å². The minimum atomic E-state index is -0.362. The number of likely N-dealkylation sites (tertiary alicyclic amines) is 1. The zero-order chi connectivity index (χ0) is 18.4. The van der Waals surface area contributed by atoms with Crippen LogP contribution in [0, 0.1) is 11.3 Å². The minimum absolute atomic E-state index is 0.208. The highest BCUT2D eigenvalue weighted by Crippen LogP contribution is 2.41. The molecule has 5 rings (SSSR count). The molecule has 2 aliphatic carbocycles. The van der Waals surface area contributed by atoms with E-state index < -0.39 is 0 Å². The summed E-state index contributed by atoms with van der Waals surface area (Å²) in [5, 5.41) is 3.06. The van der Waals surface area contributed by atoms with Crippen molar-refractivity contribution in [2.75, 3.05) is 19.6 Å². The van der Waals surface area contributed by atoms with Crippen LogP contribution in [-0.2, 0) is 13.0 Å². The number of hydrogen-bond acceptors (Lipinski definition) is 4. The summed E-state index contributed by atoms with van der Waals surface area (Å²) < 4.78 is 2.08. The summed E-state index contributed by atoms with van der Waals surface area (Å²) in [5.74, 6) is 1.54. The molecule has 6 heteroatoms. The first-order valence-electron chi connectivity index (χ1n) is 10.7.